The van der Waals surface area contributed by atoms with Crippen LogP contribution in [0.15, 0.2) is 30.3 Å². The number of hydrogen-bond donors (Lipinski definition) is 1. The molecule has 2 fully saturated rings. The van der Waals surface area contributed by atoms with Gasteiger partial charge in [0.05, 0.1) is 6.54 Å². The molecule has 0 spiro atoms. The van der Waals surface area contributed by atoms with E-state index >= 15 is 0 Å². The van der Waals surface area contributed by atoms with Crippen molar-refractivity contribution in [3.8, 4) is 0 Å². The zero-order valence-corrected chi connectivity index (χ0v) is 13.3. The van der Waals surface area contributed by atoms with E-state index in [9.17, 15) is 4.79 Å². The summed E-state index contributed by atoms with van der Waals surface area (Å²) >= 11 is 0. The molecule has 1 aromatic rings. The molecule has 0 bridgehead atoms. The highest BCUT2D eigenvalue weighted by Crippen LogP contribution is 2.31. The van der Waals surface area contributed by atoms with Crippen LogP contribution in [0.3, 0.4) is 0 Å². The van der Waals surface area contributed by atoms with Crippen LogP contribution in [0.1, 0.15) is 30.7 Å². The van der Waals surface area contributed by atoms with Crippen LogP contribution in [0.2, 0.25) is 0 Å². The Morgan fingerprint density at radius 2 is 1.82 bits per heavy atom. The van der Waals surface area contributed by atoms with E-state index < -0.39 is 0 Å². The van der Waals surface area contributed by atoms with Crippen molar-refractivity contribution in [1.29, 1.82) is 0 Å². The molecule has 0 radical (unpaired) electrons. The van der Waals surface area contributed by atoms with Gasteiger partial charge in [0.2, 0.25) is 5.91 Å². The van der Waals surface area contributed by atoms with Gasteiger partial charge in [-0.1, -0.05) is 30.3 Å². The van der Waals surface area contributed by atoms with Gasteiger partial charge in [-0.3, -0.25) is 9.69 Å². The smallest absolute Gasteiger partial charge is 0.236 e. The van der Waals surface area contributed by atoms with Crippen molar-refractivity contribution in [3.05, 3.63) is 35.9 Å². The molecule has 0 unspecified atom stereocenters. The summed E-state index contributed by atoms with van der Waals surface area (Å²) in [7, 11) is 0. The van der Waals surface area contributed by atoms with Crippen LogP contribution in [0.5, 0.6) is 0 Å². The summed E-state index contributed by atoms with van der Waals surface area (Å²) in [6, 6.07) is 10.6. The molecule has 0 aliphatic carbocycles. The number of amides is 1. The zero-order valence-electron chi connectivity index (χ0n) is 13.3. The van der Waals surface area contributed by atoms with Gasteiger partial charge in [-0.05, 0) is 37.3 Å². The lowest BCUT2D eigenvalue weighted by Gasteiger charge is -2.28. The number of likely N-dealkylation sites (tertiary alicyclic amines) is 2. The Balaban J connectivity index is 1.60. The standard InChI is InChI=1S/C18H27N3O/c19-11-16-12-20(13-17(16)15-7-3-1-4-8-15)14-18(22)21-9-5-2-6-10-21/h1,3-4,7-8,16-17H,2,5-6,9-14,19H2/t16-,17+/m1/s1. The highest BCUT2D eigenvalue weighted by Gasteiger charge is 2.34. The lowest BCUT2D eigenvalue weighted by Crippen LogP contribution is -2.42. The number of carbonyl (C=O) groups excluding carboxylic acids is 1. The molecule has 2 saturated heterocycles. The van der Waals surface area contributed by atoms with Gasteiger partial charge in [0, 0.05) is 32.1 Å². The lowest BCUT2D eigenvalue weighted by atomic mass is 9.89. The summed E-state index contributed by atoms with van der Waals surface area (Å²) < 4.78 is 0. The third-order valence-electron chi connectivity index (χ3n) is 5.11. The minimum atomic E-state index is 0.296. The quantitative estimate of drug-likeness (QED) is 0.920. The molecule has 4 heteroatoms. The Bertz CT molecular complexity index is 484. The predicted molar refractivity (Wildman–Crippen MR) is 88.6 cm³/mol. The summed E-state index contributed by atoms with van der Waals surface area (Å²) in [6.07, 6.45) is 3.58. The second-order valence-electron chi connectivity index (χ2n) is 6.65. The number of carbonyl (C=O) groups is 1. The van der Waals surface area contributed by atoms with Gasteiger partial charge in [0.15, 0.2) is 0 Å². The molecule has 0 saturated carbocycles. The summed E-state index contributed by atoms with van der Waals surface area (Å²) in [4.78, 5) is 16.8. The van der Waals surface area contributed by atoms with E-state index in [1.807, 2.05) is 11.0 Å². The summed E-state index contributed by atoms with van der Waals surface area (Å²) in [5, 5.41) is 0. The van der Waals surface area contributed by atoms with Crippen molar-refractivity contribution in [2.75, 3.05) is 39.3 Å². The Kier molecular flexibility index (Phi) is 5.11. The molecule has 0 aromatic heterocycles. The highest BCUT2D eigenvalue weighted by molar-refractivity contribution is 5.78. The first-order valence-corrected chi connectivity index (χ1v) is 8.53. The fourth-order valence-corrected chi connectivity index (χ4v) is 3.84. The third kappa shape index (κ3) is 3.50. The number of piperidine rings is 1. The average molecular weight is 301 g/mol. The minimum absolute atomic E-state index is 0.296. The molecular weight excluding hydrogens is 274 g/mol. The van der Waals surface area contributed by atoms with E-state index in [4.69, 9.17) is 5.73 Å². The summed E-state index contributed by atoms with van der Waals surface area (Å²) in [6.45, 7) is 5.01. The normalized spacial score (nSPS) is 26.3. The fourth-order valence-electron chi connectivity index (χ4n) is 3.84. The minimum Gasteiger partial charge on any atom is -0.342 e. The Hall–Kier alpha value is -1.39. The van der Waals surface area contributed by atoms with Crippen LogP contribution in [0.25, 0.3) is 0 Å². The van der Waals surface area contributed by atoms with Crippen molar-refractivity contribution in [2.45, 2.75) is 25.2 Å². The van der Waals surface area contributed by atoms with Gasteiger partial charge in [0.1, 0.15) is 0 Å². The average Bonchev–Trinajstić information content (AvgIpc) is 2.99. The van der Waals surface area contributed by atoms with Crippen molar-refractivity contribution >= 4 is 5.91 Å². The summed E-state index contributed by atoms with van der Waals surface area (Å²) in [5.41, 5.74) is 7.33. The van der Waals surface area contributed by atoms with Crippen LogP contribution in [-0.4, -0.2) is 55.0 Å². The summed E-state index contributed by atoms with van der Waals surface area (Å²) in [5.74, 6) is 1.21. The van der Waals surface area contributed by atoms with Gasteiger partial charge in [-0.2, -0.15) is 0 Å². The van der Waals surface area contributed by atoms with Crippen LogP contribution in [0.4, 0.5) is 0 Å². The Labute approximate surface area is 133 Å². The molecule has 4 nitrogen and oxygen atoms in total. The first kappa shape index (κ1) is 15.5. The molecule has 120 valence electrons. The van der Waals surface area contributed by atoms with Crippen LogP contribution in [0, 0.1) is 5.92 Å². The van der Waals surface area contributed by atoms with Gasteiger partial charge in [0.25, 0.3) is 0 Å². The molecule has 1 amide bonds. The van der Waals surface area contributed by atoms with E-state index in [0.29, 0.717) is 30.8 Å². The van der Waals surface area contributed by atoms with Crippen molar-refractivity contribution < 1.29 is 4.79 Å². The van der Waals surface area contributed by atoms with Crippen LogP contribution < -0.4 is 5.73 Å². The van der Waals surface area contributed by atoms with Gasteiger partial charge in [-0.15, -0.1) is 0 Å². The van der Waals surface area contributed by atoms with E-state index in [0.717, 1.165) is 39.0 Å². The van der Waals surface area contributed by atoms with E-state index in [2.05, 4.69) is 29.2 Å². The largest absolute Gasteiger partial charge is 0.342 e. The second kappa shape index (κ2) is 7.25. The van der Waals surface area contributed by atoms with E-state index in [1.165, 1.54) is 12.0 Å². The molecule has 22 heavy (non-hydrogen) atoms. The maximum absolute atomic E-state index is 12.4. The maximum Gasteiger partial charge on any atom is 0.236 e. The zero-order chi connectivity index (χ0) is 15.4. The third-order valence-corrected chi connectivity index (χ3v) is 5.11. The molecule has 2 heterocycles. The second-order valence-corrected chi connectivity index (χ2v) is 6.65. The molecule has 3 rings (SSSR count). The molecule has 1 aromatic carbocycles. The number of benzene rings is 1. The number of nitrogens with two attached hydrogens (primary N) is 1. The topological polar surface area (TPSA) is 49.6 Å². The van der Waals surface area contributed by atoms with Gasteiger partial charge in [-0.25, -0.2) is 0 Å². The number of nitrogens with zero attached hydrogens (tertiary/aromatic N) is 2. The highest BCUT2D eigenvalue weighted by atomic mass is 16.2. The van der Waals surface area contributed by atoms with Crippen molar-refractivity contribution in [2.24, 2.45) is 11.7 Å². The molecule has 2 aliphatic heterocycles. The number of rotatable bonds is 4. The first-order chi connectivity index (χ1) is 10.8. The maximum atomic E-state index is 12.4. The SMILES string of the molecule is NC[C@@H]1CN(CC(=O)N2CCCCC2)C[C@H]1c1ccccc1. The van der Waals surface area contributed by atoms with Gasteiger partial charge < -0.3 is 10.6 Å². The lowest BCUT2D eigenvalue weighted by molar-refractivity contribution is -0.133. The van der Waals surface area contributed by atoms with E-state index in [1.54, 1.807) is 0 Å². The van der Waals surface area contributed by atoms with Crippen LogP contribution in [-0.2, 0) is 4.79 Å². The predicted octanol–water partition coefficient (Wildman–Crippen LogP) is 1.67. The Morgan fingerprint density at radius 3 is 2.50 bits per heavy atom. The molecular formula is C18H27N3O. The van der Waals surface area contributed by atoms with Crippen molar-refractivity contribution in [1.82, 2.24) is 9.80 Å². The van der Waals surface area contributed by atoms with Crippen LogP contribution >= 0.6 is 0 Å². The molecule has 2 atom stereocenters. The van der Waals surface area contributed by atoms with Gasteiger partial charge >= 0.3 is 0 Å². The monoisotopic (exact) mass is 301 g/mol. The molecule has 2 N–H and O–H groups in total. The van der Waals surface area contributed by atoms with Crippen molar-refractivity contribution in [3.63, 3.8) is 0 Å². The first-order valence-electron chi connectivity index (χ1n) is 8.53. The van der Waals surface area contributed by atoms with E-state index in [-0.39, 0.29) is 0 Å². The number of hydrogen-bond acceptors (Lipinski definition) is 3. The molecule has 2 aliphatic rings. The fraction of sp³-hybridized carbons (Fsp3) is 0.611. The Morgan fingerprint density at radius 1 is 1.09 bits per heavy atom.